The average Bonchev–Trinajstić information content (AvgIpc) is 3.34. The Bertz CT molecular complexity index is 2890. The Labute approximate surface area is 363 Å². The van der Waals surface area contributed by atoms with Crippen LogP contribution in [-0.4, -0.2) is 17.8 Å². The van der Waals surface area contributed by atoms with Gasteiger partial charge in [0.2, 0.25) is 0 Å². The Kier molecular flexibility index (Phi) is 10.5. The minimum atomic E-state index is 0.602. The Morgan fingerprint density at radius 1 is 0.645 bits per heavy atom. The molecule has 0 aromatic heterocycles. The van der Waals surface area contributed by atoms with Crippen molar-refractivity contribution in [3.63, 3.8) is 0 Å². The first-order valence-corrected chi connectivity index (χ1v) is 21.2. The van der Waals surface area contributed by atoms with E-state index in [1.807, 2.05) is 49.7 Å². The van der Waals surface area contributed by atoms with Gasteiger partial charge in [-0.25, -0.2) is 9.98 Å². The maximum absolute atomic E-state index is 6.86. The monoisotopic (exact) mass is 803 g/mol. The molecule has 6 heteroatoms. The number of anilines is 6. The Hall–Kier alpha value is -7.83. The smallest absolute Gasteiger partial charge is 0.160 e. The second-order valence-corrected chi connectivity index (χ2v) is 15.6. The van der Waals surface area contributed by atoms with Crippen LogP contribution in [0.2, 0.25) is 0 Å². The fourth-order valence-corrected chi connectivity index (χ4v) is 8.38. The van der Waals surface area contributed by atoms with E-state index in [2.05, 4.69) is 173 Å². The van der Waals surface area contributed by atoms with Gasteiger partial charge < -0.3 is 14.5 Å². The molecule has 1 aliphatic carbocycles. The van der Waals surface area contributed by atoms with Crippen LogP contribution in [0.5, 0.6) is 11.5 Å². The molecule has 7 aromatic rings. The van der Waals surface area contributed by atoms with Crippen molar-refractivity contribution < 1.29 is 4.74 Å². The fourth-order valence-electron chi connectivity index (χ4n) is 8.38. The van der Waals surface area contributed by atoms with Gasteiger partial charge in [-0.05, 0) is 121 Å². The molecule has 0 fully saturated rings. The van der Waals surface area contributed by atoms with Crippen molar-refractivity contribution in [3.8, 4) is 11.5 Å². The molecule has 300 valence electrons. The van der Waals surface area contributed by atoms with Crippen molar-refractivity contribution in [2.24, 2.45) is 15.0 Å². The van der Waals surface area contributed by atoms with Crippen LogP contribution in [0.15, 0.2) is 204 Å². The minimum absolute atomic E-state index is 0.602. The van der Waals surface area contributed by atoms with Crippen LogP contribution in [0, 0.1) is 0 Å². The summed E-state index contributed by atoms with van der Waals surface area (Å²) in [5.74, 6) is 2.27. The van der Waals surface area contributed by atoms with Gasteiger partial charge in [0.1, 0.15) is 0 Å². The van der Waals surface area contributed by atoms with Gasteiger partial charge in [0.15, 0.2) is 17.3 Å². The minimum Gasteiger partial charge on any atom is -0.452 e. The van der Waals surface area contributed by atoms with E-state index in [-0.39, 0.29) is 0 Å². The first kappa shape index (κ1) is 38.4. The summed E-state index contributed by atoms with van der Waals surface area (Å²) in [4.78, 5) is 19.2. The van der Waals surface area contributed by atoms with E-state index in [4.69, 9.17) is 14.7 Å². The zero-order valence-electron chi connectivity index (χ0n) is 34.7. The van der Waals surface area contributed by atoms with E-state index in [0.717, 1.165) is 105 Å². The number of nitrogens with zero attached hydrogens (tertiary/aromatic N) is 5. The number of rotatable bonds is 9. The normalized spacial score (nSPS) is 14.3. The number of fused-ring (bicyclic) bond motifs is 4. The van der Waals surface area contributed by atoms with Gasteiger partial charge in [0.25, 0.3) is 0 Å². The summed E-state index contributed by atoms with van der Waals surface area (Å²) >= 11 is 0. The number of allylic oxidation sites excluding steroid dienone is 2. The third kappa shape index (κ3) is 7.70. The van der Waals surface area contributed by atoms with E-state index in [9.17, 15) is 0 Å². The summed E-state index contributed by atoms with van der Waals surface area (Å²) in [6, 6.07) is 59.1. The van der Waals surface area contributed by atoms with E-state index in [1.54, 1.807) is 0 Å². The maximum Gasteiger partial charge on any atom is 0.160 e. The summed E-state index contributed by atoms with van der Waals surface area (Å²) in [6.45, 7) is 6.51. The molecule has 0 amide bonds. The van der Waals surface area contributed by atoms with Crippen LogP contribution in [0.3, 0.4) is 0 Å². The number of hydrogen-bond donors (Lipinski definition) is 0. The largest absolute Gasteiger partial charge is 0.452 e. The highest BCUT2D eigenvalue weighted by molar-refractivity contribution is 6.12. The van der Waals surface area contributed by atoms with E-state index in [0.29, 0.717) is 11.5 Å². The number of aliphatic imine (C=N–C) groups is 3. The number of amidine groups is 1. The standard InChI is InChI=1S/C56H45N5O/c1-39(41-15-6-3-7-16-41)58-56(45-26-24-43(25-27-45)46-18-14-36-57-38-46)59-40(2)42-28-31-49(32-29-42)61-52-34-30-44-17-12-13-23-51(44)55(52)62-54-35-33-50(37-53(54)61)60(47-19-8-4-9-20-47)48-21-10-5-11-22-48/h3-11,13,15-16,19-38H,2,12,14,17-18H2,1H3/b58-39+,59-56-. The van der Waals surface area contributed by atoms with Crippen molar-refractivity contribution in [2.75, 3.05) is 9.80 Å². The zero-order chi connectivity index (χ0) is 41.8. The lowest BCUT2D eigenvalue weighted by atomic mass is 9.94. The molecule has 0 atom stereocenters. The highest BCUT2D eigenvalue weighted by Crippen LogP contribution is 2.54. The Morgan fingerprint density at radius 2 is 1.34 bits per heavy atom. The summed E-state index contributed by atoms with van der Waals surface area (Å²) in [6.07, 6.45) is 12.3. The SMILES string of the molecule is C=C(/N=C(\N=C(/C)c1ccccc1)c1ccc(C2=CN=CCC2)cc1)c1ccc(N2c3cc(N(c4ccccc4)c4ccccc4)ccc3Oc3c2ccc2c3C=CCC2)cc1. The van der Waals surface area contributed by atoms with Gasteiger partial charge in [0, 0.05) is 52.0 Å². The summed E-state index contributed by atoms with van der Waals surface area (Å²) in [7, 11) is 0. The molecule has 0 saturated heterocycles. The van der Waals surface area contributed by atoms with Crippen molar-refractivity contribution in [1.29, 1.82) is 0 Å². The Morgan fingerprint density at radius 3 is 2.03 bits per heavy atom. The molecule has 6 nitrogen and oxygen atoms in total. The molecule has 0 bridgehead atoms. The molecule has 0 N–H and O–H groups in total. The number of benzene rings is 7. The van der Waals surface area contributed by atoms with Crippen molar-refractivity contribution in [2.45, 2.75) is 32.6 Å². The van der Waals surface area contributed by atoms with Crippen molar-refractivity contribution in [1.82, 2.24) is 0 Å². The molecule has 7 aromatic carbocycles. The molecule has 0 saturated carbocycles. The predicted molar refractivity (Wildman–Crippen MR) is 260 cm³/mol. The molecule has 62 heavy (non-hydrogen) atoms. The molecular weight excluding hydrogens is 759 g/mol. The molecule has 2 heterocycles. The predicted octanol–water partition coefficient (Wildman–Crippen LogP) is 14.8. The zero-order valence-corrected chi connectivity index (χ0v) is 34.7. The maximum atomic E-state index is 6.86. The number of ether oxygens (including phenoxy) is 1. The third-order valence-electron chi connectivity index (χ3n) is 11.6. The van der Waals surface area contributed by atoms with Crippen LogP contribution in [0.4, 0.5) is 34.1 Å². The fraction of sp³-hybridized carbons (Fsp3) is 0.0893. The first-order valence-electron chi connectivity index (χ1n) is 21.2. The lowest BCUT2D eigenvalue weighted by molar-refractivity contribution is 0.475. The van der Waals surface area contributed by atoms with Crippen LogP contribution in [-0.2, 0) is 6.42 Å². The van der Waals surface area contributed by atoms with Crippen LogP contribution in [0.25, 0.3) is 17.3 Å². The summed E-state index contributed by atoms with van der Waals surface area (Å²) in [5, 5.41) is 0. The van der Waals surface area contributed by atoms with Gasteiger partial charge in [-0.2, -0.15) is 0 Å². The van der Waals surface area contributed by atoms with E-state index >= 15 is 0 Å². The number of para-hydroxylation sites is 2. The van der Waals surface area contributed by atoms with Crippen LogP contribution in [0.1, 0.15) is 59.6 Å². The van der Waals surface area contributed by atoms with Crippen molar-refractivity contribution in [3.05, 3.63) is 222 Å². The summed E-state index contributed by atoms with van der Waals surface area (Å²) in [5.41, 5.74) is 15.3. The van der Waals surface area contributed by atoms with E-state index in [1.165, 1.54) is 11.1 Å². The molecule has 10 rings (SSSR count). The van der Waals surface area contributed by atoms with E-state index < -0.39 is 0 Å². The van der Waals surface area contributed by atoms with Gasteiger partial charge >= 0.3 is 0 Å². The van der Waals surface area contributed by atoms with Gasteiger partial charge in [0.05, 0.1) is 17.1 Å². The van der Waals surface area contributed by atoms with Gasteiger partial charge in [-0.15, -0.1) is 0 Å². The molecule has 0 radical (unpaired) electrons. The molecular formula is C56H45N5O. The number of aryl methyl sites for hydroxylation is 1. The quantitative estimate of drug-likeness (QED) is 0.108. The summed E-state index contributed by atoms with van der Waals surface area (Å²) < 4.78 is 6.86. The second kappa shape index (κ2) is 17.0. The lowest BCUT2D eigenvalue weighted by Crippen LogP contribution is -2.18. The average molecular weight is 804 g/mol. The Balaban J connectivity index is 1.04. The molecule has 0 spiro atoms. The third-order valence-corrected chi connectivity index (χ3v) is 11.6. The number of hydrogen-bond acceptors (Lipinski definition) is 5. The highest BCUT2D eigenvalue weighted by Gasteiger charge is 2.30. The van der Waals surface area contributed by atoms with Crippen LogP contribution >= 0.6 is 0 Å². The topological polar surface area (TPSA) is 52.8 Å². The van der Waals surface area contributed by atoms with Gasteiger partial charge in [-0.1, -0.05) is 128 Å². The van der Waals surface area contributed by atoms with Gasteiger partial charge in [-0.3, -0.25) is 4.99 Å². The first-order chi connectivity index (χ1) is 30.6. The van der Waals surface area contributed by atoms with Crippen molar-refractivity contribution >= 4 is 69.2 Å². The molecule has 3 aliphatic rings. The lowest BCUT2D eigenvalue weighted by Gasteiger charge is -2.36. The second-order valence-electron chi connectivity index (χ2n) is 15.6. The molecule has 2 aliphatic heterocycles. The highest BCUT2D eigenvalue weighted by atomic mass is 16.5. The van der Waals surface area contributed by atoms with Crippen LogP contribution < -0.4 is 14.5 Å². The molecule has 0 unspecified atom stereocenters.